The van der Waals surface area contributed by atoms with Gasteiger partial charge < -0.3 is 20.3 Å². The van der Waals surface area contributed by atoms with Gasteiger partial charge in [0.1, 0.15) is 12.3 Å². The van der Waals surface area contributed by atoms with E-state index in [0.29, 0.717) is 12.1 Å². The maximum Gasteiger partial charge on any atom is 0.242 e. The van der Waals surface area contributed by atoms with Gasteiger partial charge in [-0.05, 0) is 75.1 Å². The fourth-order valence-electron chi connectivity index (χ4n) is 7.34. The lowest BCUT2D eigenvalue weighted by Gasteiger charge is -2.48. The monoisotopic (exact) mass is 632 g/mol. The molecule has 10 heteroatoms. The van der Waals surface area contributed by atoms with Crippen LogP contribution < -0.4 is 29.3 Å². The van der Waals surface area contributed by atoms with E-state index in [9.17, 15) is 8.42 Å². The zero-order chi connectivity index (χ0) is 30.1. The van der Waals surface area contributed by atoms with Crippen LogP contribution in [0.1, 0.15) is 76.2 Å². The summed E-state index contributed by atoms with van der Waals surface area (Å²) in [6, 6.07) is 22.8. The number of hydrogen-bond donors (Lipinski definition) is 4. The molecule has 0 radical (unpaired) electrons. The van der Waals surface area contributed by atoms with Crippen LogP contribution in [0.25, 0.3) is 0 Å². The average Bonchev–Trinajstić information content (AvgIpc) is 3.27. The summed E-state index contributed by atoms with van der Waals surface area (Å²) in [7, 11) is -3.80. The van der Waals surface area contributed by atoms with Crippen LogP contribution in [0.2, 0.25) is 0 Å². The van der Waals surface area contributed by atoms with E-state index in [4.69, 9.17) is 0 Å². The van der Waals surface area contributed by atoms with Gasteiger partial charge in [0.25, 0.3) is 0 Å². The Hall–Kier alpha value is -3.08. The van der Waals surface area contributed by atoms with Gasteiger partial charge in [-0.3, -0.25) is 4.31 Å². The third kappa shape index (κ3) is 6.08. The Balaban J connectivity index is 1.23. The van der Waals surface area contributed by atoms with Gasteiger partial charge in [-0.2, -0.15) is 4.72 Å². The fraction of sp³-hybridized carbons (Fsp3) is 0.471. The summed E-state index contributed by atoms with van der Waals surface area (Å²) in [6.07, 6.45) is 12.5. The summed E-state index contributed by atoms with van der Waals surface area (Å²) in [5.41, 5.74) is 6.39. The molecular weight excluding hydrogens is 589 g/mol. The number of nitrogens with zero attached hydrogens (tertiary/aromatic N) is 2. The largest absolute Gasteiger partial charge is 0.364 e. The van der Waals surface area contributed by atoms with Crippen molar-refractivity contribution >= 4 is 50.6 Å². The van der Waals surface area contributed by atoms with E-state index in [2.05, 4.69) is 65.7 Å². The number of anilines is 5. The second-order valence-corrected chi connectivity index (χ2v) is 15.3. The van der Waals surface area contributed by atoms with Crippen LogP contribution in [0.15, 0.2) is 71.6 Å². The fourth-order valence-corrected chi connectivity index (χ4v) is 9.47. The molecule has 3 aromatic carbocycles. The Bertz CT molecular complexity index is 1550. The molecule has 8 nitrogen and oxygen atoms in total. The van der Waals surface area contributed by atoms with Gasteiger partial charge in [0, 0.05) is 17.8 Å². The number of para-hydroxylation sites is 2. The van der Waals surface area contributed by atoms with Crippen LogP contribution in [0.5, 0.6) is 0 Å². The Kier molecular flexibility index (Phi) is 8.57. The summed E-state index contributed by atoms with van der Waals surface area (Å²) in [4.78, 5) is 2.73. The minimum atomic E-state index is -3.80. The number of hydrogen-bond acceptors (Lipinski definition) is 8. The van der Waals surface area contributed by atoms with Crippen LogP contribution >= 0.6 is 12.1 Å². The summed E-state index contributed by atoms with van der Waals surface area (Å²) in [5, 5.41) is 7.38. The smallest absolute Gasteiger partial charge is 0.242 e. The highest BCUT2D eigenvalue weighted by Gasteiger charge is 2.40. The topological polar surface area (TPSA) is 88.7 Å². The van der Waals surface area contributed by atoms with Crippen molar-refractivity contribution in [1.29, 1.82) is 0 Å². The first-order chi connectivity index (χ1) is 21.5. The number of fused-ring (bicyclic) bond motifs is 2. The number of nitrogens with one attached hydrogen (secondary N) is 4. The van der Waals surface area contributed by atoms with Gasteiger partial charge in [-0.1, -0.05) is 74.8 Å². The molecule has 2 atom stereocenters. The van der Waals surface area contributed by atoms with Crippen molar-refractivity contribution in [3.05, 3.63) is 72.3 Å². The molecule has 2 aliphatic carbocycles. The SMILES string of the molecule is Cc1ccc(S(=O)(=O)NC2Nc3ccccc3N(C3CCCCCC3)C2Nc2ccc3c(c2)NSN3C2CCCCC2)cc1. The highest BCUT2D eigenvalue weighted by atomic mass is 32.2. The van der Waals surface area contributed by atoms with E-state index < -0.39 is 16.2 Å². The van der Waals surface area contributed by atoms with Crippen molar-refractivity contribution in [3.63, 3.8) is 0 Å². The van der Waals surface area contributed by atoms with Crippen LogP contribution in [0.4, 0.5) is 28.4 Å². The minimum absolute atomic E-state index is 0.269. The zero-order valence-corrected chi connectivity index (χ0v) is 27.1. The van der Waals surface area contributed by atoms with E-state index in [1.165, 1.54) is 63.5 Å². The lowest BCUT2D eigenvalue weighted by atomic mass is 9.95. The molecule has 4 N–H and O–H groups in total. The number of rotatable bonds is 7. The first kappa shape index (κ1) is 29.6. The molecule has 7 rings (SSSR count). The number of benzene rings is 3. The van der Waals surface area contributed by atoms with E-state index in [1.807, 2.05) is 25.1 Å². The van der Waals surface area contributed by atoms with Crippen molar-refractivity contribution < 1.29 is 8.42 Å². The first-order valence-electron chi connectivity index (χ1n) is 16.3. The quantitative estimate of drug-likeness (QED) is 0.155. The Morgan fingerprint density at radius 2 is 1.45 bits per heavy atom. The molecule has 0 spiro atoms. The molecule has 2 heterocycles. The molecule has 2 saturated carbocycles. The Morgan fingerprint density at radius 1 is 0.773 bits per heavy atom. The molecule has 3 aromatic rings. The normalized spacial score (nSPS) is 22.8. The van der Waals surface area contributed by atoms with E-state index in [0.717, 1.165) is 41.2 Å². The van der Waals surface area contributed by atoms with Crippen molar-refractivity contribution in [2.75, 3.05) is 24.6 Å². The van der Waals surface area contributed by atoms with Gasteiger partial charge in [0.05, 0.1) is 39.8 Å². The minimum Gasteiger partial charge on any atom is -0.364 e. The third-order valence-electron chi connectivity index (χ3n) is 9.65. The molecule has 0 amide bonds. The first-order valence-corrected chi connectivity index (χ1v) is 18.6. The van der Waals surface area contributed by atoms with Gasteiger partial charge >= 0.3 is 0 Å². The molecule has 2 aliphatic heterocycles. The molecule has 2 unspecified atom stereocenters. The van der Waals surface area contributed by atoms with Crippen molar-refractivity contribution in [2.45, 2.75) is 107 Å². The zero-order valence-electron chi connectivity index (χ0n) is 25.5. The molecule has 0 bridgehead atoms. The summed E-state index contributed by atoms with van der Waals surface area (Å²) in [6.45, 7) is 1.96. The van der Waals surface area contributed by atoms with Crippen molar-refractivity contribution in [1.82, 2.24) is 4.72 Å². The summed E-state index contributed by atoms with van der Waals surface area (Å²) < 4.78 is 36.6. The highest BCUT2D eigenvalue weighted by Crippen LogP contribution is 2.45. The summed E-state index contributed by atoms with van der Waals surface area (Å²) in [5.74, 6) is 0. The predicted molar refractivity (Wildman–Crippen MR) is 184 cm³/mol. The lowest BCUT2D eigenvalue weighted by Crippen LogP contribution is -2.64. The van der Waals surface area contributed by atoms with Crippen LogP contribution in [-0.2, 0) is 10.0 Å². The summed E-state index contributed by atoms with van der Waals surface area (Å²) >= 11 is 1.70. The lowest BCUT2D eigenvalue weighted by molar-refractivity contribution is 0.429. The Morgan fingerprint density at radius 3 is 2.20 bits per heavy atom. The molecule has 234 valence electrons. The van der Waals surface area contributed by atoms with Crippen LogP contribution in [-0.4, -0.2) is 32.8 Å². The van der Waals surface area contributed by atoms with Gasteiger partial charge in [0.15, 0.2) is 0 Å². The predicted octanol–water partition coefficient (Wildman–Crippen LogP) is 7.82. The maximum atomic E-state index is 13.8. The second-order valence-electron chi connectivity index (χ2n) is 12.8. The van der Waals surface area contributed by atoms with Crippen LogP contribution in [0.3, 0.4) is 0 Å². The number of aryl methyl sites for hydroxylation is 1. The Labute approximate surface area is 266 Å². The molecular formula is C34H44N6O2S2. The van der Waals surface area contributed by atoms with Crippen molar-refractivity contribution in [3.8, 4) is 0 Å². The van der Waals surface area contributed by atoms with E-state index in [-0.39, 0.29) is 11.1 Å². The molecule has 4 aliphatic rings. The second kappa shape index (κ2) is 12.7. The third-order valence-corrected chi connectivity index (χ3v) is 12.1. The van der Waals surface area contributed by atoms with Gasteiger partial charge in [-0.15, -0.1) is 0 Å². The van der Waals surface area contributed by atoms with Gasteiger partial charge in [0.2, 0.25) is 10.0 Å². The standard InChI is InChI=1S/C34H44N6O2S2/c1-24-17-20-28(21-18-24)44(41,42)38-33-34(39(26-11-5-2-3-6-12-26)31-16-10-9-15-29(31)36-33)35-25-19-22-32-30(23-25)37-43-40(32)27-13-7-4-8-14-27/h9-10,15-23,26-27,33-38H,2-8,11-14H2,1H3. The molecule has 0 aromatic heterocycles. The molecule has 44 heavy (non-hydrogen) atoms. The van der Waals surface area contributed by atoms with E-state index >= 15 is 0 Å². The van der Waals surface area contributed by atoms with Crippen LogP contribution in [0, 0.1) is 6.92 Å². The van der Waals surface area contributed by atoms with Crippen molar-refractivity contribution in [2.24, 2.45) is 0 Å². The maximum absolute atomic E-state index is 13.8. The van der Waals surface area contributed by atoms with E-state index in [1.54, 1.807) is 24.3 Å². The molecule has 0 saturated heterocycles. The average molecular weight is 633 g/mol. The molecule has 2 fully saturated rings. The highest BCUT2D eigenvalue weighted by molar-refractivity contribution is 8.02. The number of sulfonamides is 1. The van der Waals surface area contributed by atoms with Gasteiger partial charge in [-0.25, -0.2) is 8.42 Å².